The topological polar surface area (TPSA) is 83.8 Å². The third-order valence-corrected chi connectivity index (χ3v) is 6.88. The molecule has 9 heteroatoms. The van der Waals surface area contributed by atoms with Crippen molar-refractivity contribution in [2.24, 2.45) is 0 Å². The molecule has 0 spiro atoms. The molecule has 1 aromatic carbocycles. The first-order chi connectivity index (χ1) is 11.9. The third kappa shape index (κ3) is 3.68. The molecule has 1 aromatic heterocycles. The van der Waals surface area contributed by atoms with Gasteiger partial charge in [-0.2, -0.15) is 15.6 Å². The van der Waals surface area contributed by atoms with Crippen molar-refractivity contribution < 1.29 is 13.3 Å². The van der Waals surface area contributed by atoms with Gasteiger partial charge < -0.3 is 4.90 Å². The van der Waals surface area contributed by atoms with Gasteiger partial charge in [-0.25, -0.2) is 8.42 Å². The highest BCUT2D eigenvalue weighted by Gasteiger charge is 2.30. The molecule has 2 aromatic rings. The SMILES string of the molecule is CN(Cc1ccsc1)c1ccc(S(=O)(=O)N2CCCC2)cc1[N+](=O)[O-]. The zero-order chi connectivity index (χ0) is 18.0. The number of sulfonamides is 1. The quantitative estimate of drug-likeness (QED) is 0.567. The van der Waals surface area contributed by atoms with Crippen LogP contribution in [0.4, 0.5) is 11.4 Å². The Morgan fingerprint density at radius 3 is 2.60 bits per heavy atom. The van der Waals surface area contributed by atoms with Gasteiger partial charge in [-0.05, 0) is 47.4 Å². The van der Waals surface area contributed by atoms with Crippen LogP contribution in [0.2, 0.25) is 0 Å². The van der Waals surface area contributed by atoms with E-state index >= 15 is 0 Å². The highest BCUT2D eigenvalue weighted by molar-refractivity contribution is 7.89. The first-order valence-corrected chi connectivity index (χ1v) is 10.3. The van der Waals surface area contributed by atoms with Gasteiger partial charge in [0.15, 0.2) is 0 Å². The number of hydrogen-bond acceptors (Lipinski definition) is 6. The predicted molar refractivity (Wildman–Crippen MR) is 97.5 cm³/mol. The summed E-state index contributed by atoms with van der Waals surface area (Å²) >= 11 is 1.56. The fourth-order valence-electron chi connectivity index (χ4n) is 2.95. The van der Waals surface area contributed by atoms with Gasteiger partial charge >= 0.3 is 0 Å². The van der Waals surface area contributed by atoms with Gasteiger partial charge in [0.1, 0.15) is 5.69 Å². The van der Waals surface area contributed by atoms with Crippen LogP contribution in [0, 0.1) is 10.1 Å². The van der Waals surface area contributed by atoms with Crippen LogP contribution in [-0.4, -0.2) is 37.8 Å². The normalized spacial score (nSPS) is 15.4. The van der Waals surface area contributed by atoms with E-state index in [0.717, 1.165) is 18.4 Å². The van der Waals surface area contributed by atoms with Gasteiger partial charge in [0.05, 0.1) is 9.82 Å². The van der Waals surface area contributed by atoms with Crippen LogP contribution >= 0.6 is 11.3 Å². The maximum absolute atomic E-state index is 12.6. The van der Waals surface area contributed by atoms with E-state index in [1.807, 2.05) is 16.8 Å². The molecule has 1 fully saturated rings. The van der Waals surface area contributed by atoms with E-state index in [-0.39, 0.29) is 10.6 Å². The van der Waals surface area contributed by atoms with Gasteiger partial charge in [0, 0.05) is 32.7 Å². The summed E-state index contributed by atoms with van der Waals surface area (Å²) in [6, 6.07) is 6.11. The Hall–Kier alpha value is -1.97. The number of nitro groups is 1. The molecule has 1 aliphatic rings. The predicted octanol–water partition coefficient (Wildman–Crippen LogP) is 3.08. The molecule has 1 saturated heterocycles. The van der Waals surface area contributed by atoms with Crippen molar-refractivity contribution in [3.8, 4) is 0 Å². The molecule has 0 bridgehead atoms. The second kappa shape index (κ2) is 7.11. The number of hydrogen-bond donors (Lipinski definition) is 0. The molecular weight excluding hydrogens is 362 g/mol. The molecular formula is C16H19N3O4S2. The molecule has 25 heavy (non-hydrogen) atoms. The maximum atomic E-state index is 12.6. The minimum Gasteiger partial charge on any atom is -0.365 e. The Balaban J connectivity index is 1.94. The summed E-state index contributed by atoms with van der Waals surface area (Å²) in [4.78, 5) is 12.7. The van der Waals surface area contributed by atoms with Crippen LogP contribution in [-0.2, 0) is 16.6 Å². The monoisotopic (exact) mass is 381 g/mol. The summed E-state index contributed by atoms with van der Waals surface area (Å²) in [6.45, 7) is 1.45. The summed E-state index contributed by atoms with van der Waals surface area (Å²) in [5.74, 6) is 0. The summed E-state index contributed by atoms with van der Waals surface area (Å²) in [6.07, 6.45) is 1.64. The number of rotatable bonds is 6. The molecule has 0 atom stereocenters. The summed E-state index contributed by atoms with van der Waals surface area (Å²) < 4.78 is 26.7. The maximum Gasteiger partial charge on any atom is 0.293 e. The van der Waals surface area contributed by atoms with Crippen LogP contribution in [0.3, 0.4) is 0 Å². The second-order valence-corrected chi connectivity index (χ2v) is 8.72. The molecule has 7 nitrogen and oxygen atoms in total. The van der Waals surface area contributed by atoms with Crippen molar-refractivity contribution in [1.29, 1.82) is 0 Å². The molecule has 0 unspecified atom stereocenters. The Labute approximate surface area is 150 Å². The number of thiophene rings is 1. The van der Waals surface area contributed by atoms with Crippen LogP contribution in [0.15, 0.2) is 39.9 Å². The van der Waals surface area contributed by atoms with Crippen molar-refractivity contribution in [2.45, 2.75) is 24.3 Å². The molecule has 134 valence electrons. The van der Waals surface area contributed by atoms with Crippen molar-refractivity contribution in [3.63, 3.8) is 0 Å². The second-order valence-electron chi connectivity index (χ2n) is 6.01. The Bertz CT molecular complexity index is 860. The molecule has 3 rings (SSSR count). The van der Waals surface area contributed by atoms with E-state index in [4.69, 9.17) is 0 Å². The number of nitrogens with zero attached hydrogens (tertiary/aromatic N) is 3. The highest BCUT2D eigenvalue weighted by Crippen LogP contribution is 2.32. The van der Waals surface area contributed by atoms with Crippen LogP contribution in [0.25, 0.3) is 0 Å². The number of nitro benzene ring substituents is 1. The fraction of sp³-hybridized carbons (Fsp3) is 0.375. The van der Waals surface area contributed by atoms with Gasteiger partial charge in [0.25, 0.3) is 5.69 Å². The van der Waals surface area contributed by atoms with Crippen molar-refractivity contribution in [3.05, 3.63) is 50.7 Å². The molecule has 2 heterocycles. The van der Waals surface area contributed by atoms with E-state index < -0.39 is 14.9 Å². The average molecular weight is 381 g/mol. The lowest BCUT2D eigenvalue weighted by Crippen LogP contribution is -2.28. The smallest absolute Gasteiger partial charge is 0.293 e. The summed E-state index contributed by atoms with van der Waals surface area (Å²) in [5.41, 5.74) is 1.25. The van der Waals surface area contributed by atoms with Crippen molar-refractivity contribution in [1.82, 2.24) is 4.31 Å². The fourth-order valence-corrected chi connectivity index (χ4v) is 5.15. The van der Waals surface area contributed by atoms with Gasteiger partial charge in [-0.15, -0.1) is 0 Å². The van der Waals surface area contributed by atoms with Crippen LogP contribution in [0.1, 0.15) is 18.4 Å². The molecule has 0 radical (unpaired) electrons. The number of anilines is 1. The van der Waals surface area contributed by atoms with Gasteiger partial charge in [-0.3, -0.25) is 10.1 Å². The van der Waals surface area contributed by atoms with E-state index in [1.54, 1.807) is 23.3 Å². The van der Waals surface area contributed by atoms with E-state index in [1.165, 1.54) is 22.5 Å². The Morgan fingerprint density at radius 1 is 1.28 bits per heavy atom. The lowest BCUT2D eigenvalue weighted by atomic mass is 10.2. The molecule has 1 aliphatic heterocycles. The standard InChI is InChI=1S/C16H19N3O4S2/c1-17(11-13-6-9-24-12-13)15-5-4-14(10-16(15)19(20)21)25(22,23)18-7-2-3-8-18/h4-6,9-10,12H,2-3,7-8,11H2,1H3. The lowest BCUT2D eigenvalue weighted by molar-refractivity contribution is -0.384. The molecule has 0 N–H and O–H groups in total. The van der Waals surface area contributed by atoms with Crippen molar-refractivity contribution >= 4 is 32.7 Å². The lowest BCUT2D eigenvalue weighted by Gasteiger charge is -2.20. The first-order valence-electron chi connectivity index (χ1n) is 7.90. The average Bonchev–Trinajstić information content (AvgIpc) is 3.28. The zero-order valence-corrected chi connectivity index (χ0v) is 15.4. The number of benzene rings is 1. The van der Waals surface area contributed by atoms with Gasteiger partial charge in [-0.1, -0.05) is 0 Å². The van der Waals surface area contributed by atoms with E-state index in [2.05, 4.69) is 0 Å². The summed E-state index contributed by atoms with van der Waals surface area (Å²) in [7, 11) is -1.92. The Morgan fingerprint density at radius 2 is 2.00 bits per heavy atom. The third-order valence-electron chi connectivity index (χ3n) is 4.26. The van der Waals surface area contributed by atoms with Crippen molar-refractivity contribution in [2.75, 3.05) is 25.0 Å². The Kier molecular flexibility index (Phi) is 5.07. The zero-order valence-electron chi connectivity index (χ0n) is 13.8. The van der Waals surface area contributed by atoms with Crippen LogP contribution in [0.5, 0.6) is 0 Å². The van der Waals surface area contributed by atoms with Crippen LogP contribution < -0.4 is 4.90 Å². The first kappa shape index (κ1) is 17.8. The largest absolute Gasteiger partial charge is 0.365 e. The molecule has 0 amide bonds. The summed E-state index contributed by atoms with van der Waals surface area (Å²) in [5, 5.41) is 15.4. The van der Waals surface area contributed by atoms with E-state index in [0.29, 0.717) is 25.3 Å². The minimum absolute atomic E-state index is 0.0196. The molecule has 0 aliphatic carbocycles. The van der Waals surface area contributed by atoms with Gasteiger partial charge in [0.2, 0.25) is 10.0 Å². The highest BCUT2D eigenvalue weighted by atomic mass is 32.2. The molecule has 0 saturated carbocycles. The van der Waals surface area contributed by atoms with E-state index in [9.17, 15) is 18.5 Å². The minimum atomic E-state index is -3.68.